The summed E-state index contributed by atoms with van der Waals surface area (Å²) in [4.78, 5) is 10.8. The van der Waals surface area contributed by atoms with Gasteiger partial charge < -0.3 is 10.1 Å². The molecule has 0 atom stereocenters. The maximum atomic E-state index is 11.2. The molecule has 0 amide bonds. The maximum Gasteiger partial charge on any atom is 0.333 e. The van der Waals surface area contributed by atoms with Gasteiger partial charge in [-0.15, -0.1) is 0 Å². The second-order valence-corrected chi connectivity index (χ2v) is 5.25. The average Bonchev–Trinajstić information content (AvgIpc) is 2.60. The first-order valence-electron chi connectivity index (χ1n) is 6.46. The minimum atomic E-state index is -0.365. The third kappa shape index (κ3) is 2.56. The van der Waals surface area contributed by atoms with Crippen LogP contribution in [0, 0.1) is 17.0 Å². The van der Waals surface area contributed by atoms with E-state index in [0.717, 1.165) is 12.8 Å². The highest BCUT2D eigenvalue weighted by Gasteiger charge is 2.34. The van der Waals surface area contributed by atoms with Gasteiger partial charge >= 0.3 is 5.69 Å². The van der Waals surface area contributed by atoms with E-state index in [2.05, 4.69) is 10.4 Å². The first-order valence-corrected chi connectivity index (χ1v) is 6.46. The van der Waals surface area contributed by atoms with E-state index in [1.807, 2.05) is 13.8 Å². The van der Waals surface area contributed by atoms with Gasteiger partial charge in [0.15, 0.2) is 0 Å². The number of hydrogen-bond acceptors (Lipinski definition) is 5. The lowest BCUT2D eigenvalue weighted by Gasteiger charge is -2.35. The fourth-order valence-electron chi connectivity index (χ4n) is 2.33. The van der Waals surface area contributed by atoms with E-state index in [9.17, 15) is 10.1 Å². The summed E-state index contributed by atoms with van der Waals surface area (Å²) in [5.74, 6) is 0.511. The van der Waals surface area contributed by atoms with Crippen LogP contribution in [0.4, 0.5) is 11.5 Å². The SMILES string of the molecule is COC1CC(Nc2c([N+](=O)[O-])c(C)nn2C(C)C)C1. The summed E-state index contributed by atoms with van der Waals surface area (Å²) < 4.78 is 6.91. The van der Waals surface area contributed by atoms with E-state index in [4.69, 9.17) is 4.74 Å². The van der Waals surface area contributed by atoms with Gasteiger partial charge in [-0.05, 0) is 33.6 Å². The molecule has 0 bridgehead atoms. The van der Waals surface area contributed by atoms with Crippen molar-refractivity contribution in [1.29, 1.82) is 0 Å². The van der Waals surface area contributed by atoms with Gasteiger partial charge in [0.2, 0.25) is 5.82 Å². The first kappa shape index (κ1) is 13.8. The fraction of sp³-hybridized carbons (Fsp3) is 0.750. The van der Waals surface area contributed by atoms with E-state index >= 15 is 0 Å². The van der Waals surface area contributed by atoms with Crippen LogP contribution < -0.4 is 5.32 Å². The molecule has 2 rings (SSSR count). The molecule has 106 valence electrons. The van der Waals surface area contributed by atoms with Crippen molar-refractivity contribution in [3.05, 3.63) is 15.8 Å². The maximum absolute atomic E-state index is 11.2. The molecule has 19 heavy (non-hydrogen) atoms. The van der Waals surface area contributed by atoms with E-state index in [-0.39, 0.29) is 28.8 Å². The number of rotatable bonds is 5. The minimum absolute atomic E-state index is 0.0770. The topological polar surface area (TPSA) is 82.2 Å². The molecule has 1 aliphatic carbocycles. The zero-order valence-corrected chi connectivity index (χ0v) is 11.7. The Bertz CT molecular complexity index is 478. The molecule has 0 aliphatic heterocycles. The highest BCUT2D eigenvalue weighted by Crippen LogP contribution is 2.34. The molecule has 0 spiro atoms. The molecule has 0 radical (unpaired) electrons. The van der Waals surface area contributed by atoms with Gasteiger partial charge in [0.1, 0.15) is 5.69 Å². The minimum Gasteiger partial charge on any atom is -0.381 e. The third-order valence-corrected chi connectivity index (χ3v) is 3.49. The van der Waals surface area contributed by atoms with E-state index in [0.29, 0.717) is 11.5 Å². The zero-order chi connectivity index (χ0) is 14.2. The number of aromatic nitrogens is 2. The van der Waals surface area contributed by atoms with Gasteiger partial charge in [0, 0.05) is 19.2 Å². The molecule has 1 N–H and O–H groups in total. The molecule has 1 heterocycles. The fourth-order valence-corrected chi connectivity index (χ4v) is 2.33. The Hall–Kier alpha value is -1.63. The number of nitrogens with one attached hydrogen (secondary N) is 1. The lowest BCUT2D eigenvalue weighted by molar-refractivity contribution is -0.384. The van der Waals surface area contributed by atoms with E-state index in [1.165, 1.54) is 0 Å². The number of hydrogen-bond donors (Lipinski definition) is 1. The molecule has 0 aromatic carbocycles. The van der Waals surface area contributed by atoms with Gasteiger partial charge in [-0.3, -0.25) is 10.1 Å². The average molecular weight is 268 g/mol. The highest BCUT2D eigenvalue weighted by molar-refractivity contribution is 5.60. The van der Waals surface area contributed by atoms with Gasteiger partial charge in [0.25, 0.3) is 0 Å². The number of nitrogens with zero attached hydrogens (tertiary/aromatic N) is 3. The molecule has 1 aliphatic rings. The van der Waals surface area contributed by atoms with Crippen LogP contribution in [0.2, 0.25) is 0 Å². The van der Waals surface area contributed by atoms with Gasteiger partial charge in [-0.25, -0.2) is 4.68 Å². The summed E-state index contributed by atoms with van der Waals surface area (Å²) in [6.07, 6.45) is 2.00. The molecule has 1 aromatic heterocycles. The normalized spacial score (nSPS) is 22.4. The molecular weight excluding hydrogens is 248 g/mol. The predicted molar refractivity (Wildman–Crippen MR) is 71.4 cm³/mol. The largest absolute Gasteiger partial charge is 0.381 e. The van der Waals surface area contributed by atoms with Crippen LogP contribution in [0.25, 0.3) is 0 Å². The monoisotopic (exact) mass is 268 g/mol. The lowest BCUT2D eigenvalue weighted by atomic mass is 9.89. The molecule has 1 fully saturated rings. The summed E-state index contributed by atoms with van der Waals surface area (Å²) in [5, 5.41) is 18.7. The second-order valence-electron chi connectivity index (χ2n) is 5.25. The smallest absolute Gasteiger partial charge is 0.333 e. The van der Waals surface area contributed by atoms with Crippen molar-refractivity contribution >= 4 is 11.5 Å². The van der Waals surface area contributed by atoms with Crippen molar-refractivity contribution in [1.82, 2.24) is 9.78 Å². The Morgan fingerprint density at radius 3 is 2.63 bits per heavy atom. The van der Waals surface area contributed by atoms with Crippen molar-refractivity contribution in [2.24, 2.45) is 0 Å². The predicted octanol–water partition coefficient (Wildman–Crippen LogP) is 2.27. The second kappa shape index (κ2) is 5.16. The van der Waals surface area contributed by atoms with E-state index in [1.54, 1.807) is 18.7 Å². The van der Waals surface area contributed by atoms with Crippen LogP contribution in [0.15, 0.2) is 0 Å². The third-order valence-electron chi connectivity index (χ3n) is 3.49. The van der Waals surface area contributed by atoms with Gasteiger partial charge in [-0.2, -0.15) is 5.10 Å². The van der Waals surface area contributed by atoms with Crippen molar-refractivity contribution in [2.45, 2.75) is 51.8 Å². The highest BCUT2D eigenvalue weighted by atomic mass is 16.6. The molecule has 0 saturated heterocycles. The van der Waals surface area contributed by atoms with Crippen molar-refractivity contribution in [3.8, 4) is 0 Å². The van der Waals surface area contributed by atoms with Crippen molar-refractivity contribution in [3.63, 3.8) is 0 Å². The standard InChI is InChI=1S/C12H20N4O3/c1-7(2)15-12(11(16(17)18)8(3)14-15)13-9-5-10(6-9)19-4/h7,9-10,13H,5-6H2,1-4H3. The summed E-state index contributed by atoms with van der Waals surface area (Å²) >= 11 is 0. The first-order chi connectivity index (χ1) is 8.93. The molecule has 1 saturated carbocycles. The Morgan fingerprint density at radius 1 is 1.53 bits per heavy atom. The Balaban J connectivity index is 2.24. The Morgan fingerprint density at radius 2 is 2.16 bits per heavy atom. The van der Waals surface area contributed by atoms with Crippen molar-refractivity contribution in [2.75, 3.05) is 12.4 Å². The molecule has 0 unspecified atom stereocenters. The number of ether oxygens (including phenoxy) is 1. The van der Waals surface area contributed by atoms with Crippen LogP contribution in [-0.4, -0.2) is 34.0 Å². The van der Waals surface area contributed by atoms with Crippen LogP contribution in [-0.2, 0) is 4.74 Å². The molecule has 7 nitrogen and oxygen atoms in total. The number of methoxy groups -OCH3 is 1. The Labute approximate surface area is 112 Å². The quantitative estimate of drug-likeness (QED) is 0.654. The lowest BCUT2D eigenvalue weighted by Crippen LogP contribution is -2.40. The summed E-state index contributed by atoms with van der Waals surface area (Å²) in [5.41, 5.74) is 0.526. The van der Waals surface area contributed by atoms with Gasteiger partial charge in [0.05, 0.1) is 11.0 Å². The van der Waals surface area contributed by atoms with Crippen LogP contribution in [0.5, 0.6) is 0 Å². The molecule has 1 aromatic rings. The zero-order valence-electron chi connectivity index (χ0n) is 11.7. The summed E-state index contributed by atoms with van der Waals surface area (Å²) in [6.45, 7) is 5.58. The van der Waals surface area contributed by atoms with E-state index < -0.39 is 0 Å². The number of anilines is 1. The number of aryl methyl sites for hydroxylation is 1. The summed E-state index contributed by atoms with van der Waals surface area (Å²) in [6, 6.07) is 0.297. The summed E-state index contributed by atoms with van der Waals surface area (Å²) in [7, 11) is 1.69. The molecule has 7 heteroatoms. The Kier molecular flexibility index (Phi) is 3.75. The van der Waals surface area contributed by atoms with Crippen molar-refractivity contribution < 1.29 is 9.66 Å². The molecular formula is C12H20N4O3. The number of nitro groups is 1. The van der Waals surface area contributed by atoms with Crippen LogP contribution in [0.3, 0.4) is 0 Å². The van der Waals surface area contributed by atoms with Gasteiger partial charge in [-0.1, -0.05) is 0 Å². The van der Waals surface area contributed by atoms with Crippen LogP contribution >= 0.6 is 0 Å². The van der Waals surface area contributed by atoms with Crippen LogP contribution in [0.1, 0.15) is 38.4 Å².